The van der Waals surface area contributed by atoms with Crippen molar-refractivity contribution in [2.75, 3.05) is 18.0 Å². The molecule has 0 bridgehead atoms. The van der Waals surface area contributed by atoms with Gasteiger partial charge in [-0.3, -0.25) is 10.1 Å². The average molecular weight is 533 g/mol. The Hall–Kier alpha value is -2.88. The zero-order valence-electron chi connectivity index (χ0n) is 17.7. The van der Waals surface area contributed by atoms with Gasteiger partial charge < -0.3 is 14.2 Å². The van der Waals surface area contributed by atoms with Crippen LogP contribution in [0.2, 0.25) is 0 Å². The standard InChI is InChI=1S/C23H24IN3O4/c1-4-26(5-2)20-12-8-18(9-13-21-23(27(28)29)16(3)25-31-21)22(14-20)30-15-17-6-10-19(24)11-7-17/h6-14H,4-5,15H2,1-3H3/b13-9+. The molecule has 0 saturated heterocycles. The number of ether oxygens (including phenoxy) is 1. The summed E-state index contributed by atoms with van der Waals surface area (Å²) in [5.41, 5.74) is 3.03. The highest BCUT2D eigenvalue weighted by molar-refractivity contribution is 14.1. The number of halogens is 1. The van der Waals surface area contributed by atoms with Crippen LogP contribution in [-0.2, 0) is 6.61 Å². The summed E-state index contributed by atoms with van der Waals surface area (Å²) in [6.07, 6.45) is 3.31. The van der Waals surface area contributed by atoms with Crippen molar-refractivity contribution in [1.29, 1.82) is 0 Å². The van der Waals surface area contributed by atoms with E-state index in [1.165, 1.54) is 0 Å². The number of aromatic nitrogens is 1. The van der Waals surface area contributed by atoms with Crippen molar-refractivity contribution in [1.82, 2.24) is 5.16 Å². The summed E-state index contributed by atoms with van der Waals surface area (Å²) in [6.45, 7) is 7.94. The maximum absolute atomic E-state index is 11.3. The minimum absolute atomic E-state index is 0.110. The number of anilines is 1. The zero-order chi connectivity index (χ0) is 22.4. The van der Waals surface area contributed by atoms with Crippen molar-refractivity contribution in [3.8, 4) is 5.75 Å². The fraction of sp³-hybridized carbons (Fsp3) is 0.261. The molecular weight excluding hydrogens is 509 g/mol. The number of nitrogens with zero attached hydrogens (tertiary/aromatic N) is 3. The molecule has 3 rings (SSSR count). The number of hydrogen-bond acceptors (Lipinski definition) is 6. The third kappa shape index (κ3) is 5.63. The molecule has 1 aromatic heterocycles. The number of nitro groups is 1. The Balaban J connectivity index is 1.92. The molecule has 0 N–H and O–H groups in total. The second kappa shape index (κ2) is 10.4. The molecule has 1 heterocycles. The van der Waals surface area contributed by atoms with Crippen LogP contribution in [0.4, 0.5) is 11.4 Å². The van der Waals surface area contributed by atoms with Crippen molar-refractivity contribution in [3.63, 3.8) is 0 Å². The molecule has 0 saturated carbocycles. The summed E-state index contributed by atoms with van der Waals surface area (Å²) in [6, 6.07) is 14.1. The molecule has 0 unspecified atom stereocenters. The highest BCUT2D eigenvalue weighted by atomic mass is 127. The Bertz CT molecular complexity index is 1070. The molecule has 3 aromatic rings. The molecule has 7 nitrogen and oxygen atoms in total. The topological polar surface area (TPSA) is 81.6 Å². The van der Waals surface area contributed by atoms with Crippen LogP contribution in [0, 0.1) is 20.6 Å². The lowest BCUT2D eigenvalue weighted by Crippen LogP contribution is -2.21. The quantitative estimate of drug-likeness (QED) is 0.188. The number of rotatable bonds is 9. The van der Waals surface area contributed by atoms with Crippen LogP contribution in [0.1, 0.15) is 36.4 Å². The summed E-state index contributed by atoms with van der Waals surface area (Å²) < 4.78 is 12.4. The van der Waals surface area contributed by atoms with Gasteiger partial charge in [-0.15, -0.1) is 0 Å². The van der Waals surface area contributed by atoms with Gasteiger partial charge in [-0.2, -0.15) is 0 Å². The first-order chi connectivity index (χ1) is 14.9. The summed E-state index contributed by atoms with van der Waals surface area (Å²) in [5, 5.41) is 15.0. The minimum Gasteiger partial charge on any atom is -0.488 e. The fourth-order valence-corrected chi connectivity index (χ4v) is 3.55. The lowest BCUT2D eigenvalue weighted by atomic mass is 10.1. The zero-order valence-corrected chi connectivity index (χ0v) is 19.8. The Kier molecular flexibility index (Phi) is 7.67. The van der Waals surface area contributed by atoms with Crippen LogP contribution < -0.4 is 9.64 Å². The van der Waals surface area contributed by atoms with Crippen LogP contribution in [0.3, 0.4) is 0 Å². The lowest BCUT2D eigenvalue weighted by Gasteiger charge is -2.22. The molecule has 162 valence electrons. The van der Waals surface area contributed by atoms with Gasteiger partial charge in [0.25, 0.3) is 0 Å². The number of hydrogen-bond donors (Lipinski definition) is 0. The summed E-state index contributed by atoms with van der Waals surface area (Å²) in [4.78, 5) is 13.0. The van der Waals surface area contributed by atoms with Gasteiger partial charge in [-0.05, 0) is 85.3 Å². The second-order valence-electron chi connectivity index (χ2n) is 6.88. The minimum atomic E-state index is -0.483. The number of aryl methyl sites for hydroxylation is 1. The van der Waals surface area contributed by atoms with E-state index in [9.17, 15) is 10.1 Å². The molecule has 2 aromatic carbocycles. The van der Waals surface area contributed by atoms with Crippen LogP contribution in [-0.4, -0.2) is 23.2 Å². The van der Waals surface area contributed by atoms with E-state index in [1.54, 1.807) is 19.1 Å². The van der Waals surface area contributed by atoms with E-state index in [1.807, 2.05) is 42.5 Å². The molecular formula is C23H24IN3O4. The molecule has 0 spiro atoms. The fourth-order valence-electron chi connectivity index (χ4n) is 3.19. The molecule has 0 atom stereocenters. The van der Waals surface area contributed by atoms with Gasteiger partial charge in [0.2, 0.25) is 5.76 Å². The van der Waals surface area contributed by atoms with Crippen molar-refractivity contribution in [2.45, 2.75) is 27.4 Å². The van der Waals surface area contributed by atoms with E-state index in [2.05, 4.69) is 46.5 Å². The Morgan fingerprint density at radius 3 is 2.52 bits per heavy atom. The Morgan fingerprint density at radius 2 is 1.87 bits per heavy atom. The normalized spacial score (nSPS) is 11.1. The van der Waals surface area contributed by atoms with Crippen molar-refractivity contribution >= 4 is 46.1 Å². The van der Waals surface area contributed by atoms with Crippen molar-refractivity contribution < 1.29 is 14.2 Å². The van der Waals surface area contributed by atoms with E-state index in [4.69, 9.17) is 9.26 Å². The summed E-state index contributed by atoms with van der Waals surface area (Å²) in [7, 11) is 0. The third-order valence-corrected chi connectivity index (χ3v) is 5.61. The predicted molar refractivity (Wildman–Crippen MR) is 130 cm³/mol. The summed E-state index contributed by atoms with van der Waals surface area (Å²) >= 11 is 2.27. The van der Waals surface area contributed by atoms with E-state index in [-0.39, 0.29) is 17.1 Å². The highest BCUT2D eigenvalue weighted by Gasteiger charge is 2.22. The van der Waals surface area contributed by atoms with E-state index in [0.29, 0.717) is 12.4 Å². The maximum atomic E-state index is 11.3. The van der Waals surface area contributed by atoms with Gasteiger partial charge in [0.15, 0.2) is 5.69 Å². The van der Waals surface area contributed by atoms with Crippen LogP contribution in [0.15, 0.2) is 47.0 Å². The Labute approximate surface area is 195 Å². The molecule has 8 heteroatoms. The van der Waals surface area contributed by atoms with Crippen molar-refractivity contribution in [3.05, 3.63) is 78.7 Å². The third-order valence-electron chi connectivity index (χ3n) is 4.89. The first kappa shape index (κ1) is 22.8. The predicted octanol–water partition coefficient (Wildman–Crippen LogP) is 6.09. The first-order valence-electron chi connectivity index (χ1n) is 9.97. The van der Waals surface area contributed by atoms with Gasteiger partial charge in [0.1, 0.15) is 12.4 Å². The molecule has 0 aliphatic heterocycles. The molecule has 0 aliphatic carbocycles. The van der Waals surface area contributed by atoms with E-state index >= 15 is 0 Å². The SMILES string of the molecule is CCN(CC)c1ccc(/C=C/c2onc(C)c2[N+](=O)[O-])c(OCc2ccc(I)cc2)c1. The van der Waals surface area contributed by atoms with Gasteiger partial charge in [0.05, 0.1) is 4.92 Å². The van der Waals surface area contributed by atoms with Gasteiger partial charge in [-0.1, -0.05) is 17.3 Å². The van der Waals surface area contributed by atoms with Crippen LogP contribution in [0.5, 0.6) is 5.75 Å². The lowest BCUT2D eigenvalue weighted by molar-refractivity contribution is -0.386. The molecule has 31 heavy (non-hydrogen) atoms. The van der Waals surface area contributed by atoms with Gasteiger partial charge in [0, 0.05) is 34.0 Å². The Morgan fingerprint density at radius 1 is 1.16 bits per heavy atom. The van der Waals surface area contributed by atoms with Crippen LogP contribution >= 0.6 is 22.6 Å². The molecule has 0 aliphatic rings. The maximum Gasteiger partial charge on any atom is 0.338 e. The average Bonchev–Trinajstić information content (AvgIpc) is 3.14. The molecule has 0 amide bonds. The monoisotopic (exact) mass is 533 g/mol. The highest BCUT2D eigenvalue weighted by Crippen LogP contribution is 2.30. The molecule has 0 radical (unpaired) electrons. The smallest absolute Gasteiger partial charge is 0.338 e. The van der Waals surface area contributed by atoms with Gasteiger partial charge in [-0.25, -0.2) is 0 Å². The van der Waals surface area contributed by atoms with Gasteiger partial charge >= 0.3 is 5.69 Å². The summed E-state index contributed by atoms with van der Waals surface area (Å²) in [5.74, 6) is 0.803. The molecule has 0 fully saturated rings. The van der Waals surface area contributed by atoms with Crippen molar-refractivity contribution in [2.24, 2.45) is 0 Å². The largest absolute Gasteiger partial charge is 0.488 e. The number of benzene rings is 2. The second-order valence-corrected chi connectivity index (χ2v) is 8.13. The van der Waals surface area contributed by atoms with E-state index < -0.39 is 4.92 Å². The van der Waals surface area contributed by atoms with Crippen LogP contribution in [0.25, 0.3) is 12.2 Å². The van der Waals surface area contributed by atoms with E-state index in [0.717, 1.165) is 33.5 Å². The first-order valence-corrected chi connectivity index (χ1v) is 11.1.